The topological polar surface area (TPSA) is 67.9 Å². The Hall–Kier alpha value is -1.08. The van der Waals surface area contributed by atoms with E-state index in [1.165, 1.54) is 0 Å². The van der Waals surface area contributed by atoms with Crippen LogP contribution in [0.25, 0.3) is 0 Å². The third-order valence-corrected chi connectivity index (χ3v) is 10.3. The van der Waals surface area contributed by atoms with Crippen molar-refractivity contribution in [2.75, 3.05) is 6.54 Å². The SMILES string of the molecule is CC(C)(C)OC(=O)N[C@H]1CC[C@H]2C(O[Si](C)(C)C(C)(C)C)CCN2C1=O. The summed E-state index contributed by atoms with van der Waals surface area (Å²) in [4.78, 5) is 26.7. The molecule has 3 atom stereocenters. The Kier molecular flexibility index (Phi) is 5.83. The first-order valence-corrected chi connectivity index (χ1v) is 12.6. The van der Waals surface area contributed by atoms with Crippen LogP contribution in [-0.4, -0.2) is 55.6 Å². The number of alkyl carbamates (subject to hydrolysis) is 1. The van der Waals surface area contributed by atoms with Crippen molar-refractivity contribution in [2.45, 2.75) is 103 Å². The second-order valence-electron chi connectivity index (χ2n) is 10.1. The number of nitrogens with one attached hydrogen (secondary N) is 1. The van der Waals surface area contributed by atoms with E-state index in [0.29, 0.717) is 13.0 Å². The Morgan fingerprint density at radius 2 is 1.73 bits per heavy atom. The molecular formula is C19H36N2O4Si. The van der Waals surface area contributed by atoms with Crippen LogP contribution in [-0.2, 0) is 14.0 Å². The number of amides is 2. The molecule has 0 radical (unpaired) electrons. The highest BCUT2D eigenvalue weighted by Crippen LogP contribution is 2.40. The van der Waals surface area contributed by atoms with Gasteiger partial charge in [-0.05, 0) is 58.2 Å². The Bertz CT molecular complexity index is 551. The van der Waals surface area contributed by atoms with Crippen LogP contribution in [0.2, 0.25) is 18.1 Å². The summed E-state index contributed by atoms with van der Waals surface area (Å²) in [5.41, 5.74) is -0.569. The van der Waals surface area contributed by atoms with E-state index in [1.807, 2.05) is 25.7 Å². The summed E-state index contributed by atoms with van der Waals surface area (Å²) in [6, 6.07) is -0.360. The molecule has 2 fully saturated rings. The van der Waals surface area contributed by atoms with Crippen LogP contribution >= 0.6 is 0 Å². The summed E-state index contributed by atoms with van der Waals surface area (Å²) in [5.74, 6) is -0.00607. The fourth-order valence-corrected chi connectivity index (χ4v) is 4.76. The summed E-state index contributed by atoms with van der Waals surface area (Å²) in [6.45, 7) is 17.4. The third-order valence-electron chi connectivity index (χ3n) is 5.76. The first-order chi connectivity index (χ1) is 11.7. The Labute approximate surface area is 159 Å². The maximum atomic E-state index is 12.8. The molecule has 2 rings (SSSR count). The largest absolute Gasteiger partial charge is 0.444 e. The molecule has 0 aromatic rings. The predicted octanol–water partition coefficient (Wildman–Crippen LogP) is 3.66. The van der Waals surface area contributed by atoms with Crippen molar-refractivity contribution in [1.82, 2.24) is 10.2 Å². The van der Waals surface area contributed by atoms with Crippen LogP contribution in [0.4, 0.5) is 4.79 Å². The number of piperidine rings is 1. The second-order valence-corrected chi connectivity index (χ2v) is 14.8. The molecule has 6 nitrogen and oxygen atoms in total. The van der Waals surface area contributed by atoms with E-state index in [9.17, 15) is 9.59 Å². The summed E-state index contributed by atoms with van der Waals surface area (Å²) < 4.78 is 11.9. The number of hydrogen-bond donors (Lipinski definition) is 1. The van der Waals surface area contributed by atoms with Crippen LogP contribution in [0.1, 0.15) is 60.8 Å². The zero-order valence-electron chi connectivity index (χ0n) is 17.6. The van der Waals surface area contributed by atoms with Gasteiger partial charge in [-0.15, -0.1) is 0 Å². The summed E-state index contributed by atoms with van der Waals surface area (Å²) >= 11 is 0. The number of carbonyl (C=O) groups excluding carboxylic acids is 2. The van der Waals surface area contributed by atoms with Gasteiger partial charge in [0.05, 0.1) is 12.1 Å². The molecule has 150 valence electrons. The quantitative estimate of drug-likeness (QED) is 0.754. The minimum atomic E-state index is -1.87. The molecule has 0 aromatic carbocycles. The lowest BCUT2D eigenvalue weighted by molar-refractivity contribution is -0.138. The molecule has 2 amide bonds. The van der Waals surface area contributed by atoms with Gasteiger partial charge in [0.1, 0.15) is 11.6 Å². The molecule has 0 aromatic heterocycles. The van der Waals surface area contributed by atoms with Crippen LogP contribution in [0.15, 0.2) is 0 Å². The van der Waals surface area contributed by atoms with Gasteiger partial charge < -0.3 is 19.4 Å². The first-order valence-electron chi connectivity index (χ1n) is 9.69. The molecule has 26 heavy (non-hydrogen) atoms. The Morgan fingerprint density at radius 1 is 1.12 bits per heavy atom. The van der Waals surface area contributed by atoms with Gasteiger partial charge in [0.2, 0.25) is 5.91 Å². The summed E-state index contributed by atoms with van der Waals surface area (Å²) in [7, 11) is -1.87. The molecule has 2 saturated heterocycles. The van der Waals surface area contributed by atoms with Crippen molar-refractivity contribution in [2.24, 2.45) is 0 Å². The summed E-state index contributed by atoms with van der Waals surface area (Å²) in [5, 5.41) is 2.89. The van der Waals surface area contributed by atoms with Gasteiger partial charge in [0, 0.05) is 6.54 Å². The minimum Gasteiger partial charge on any atom is -0.444 e. The molecule has 2 heterocycles. The Morgan fingerprint density at radius 3 is 2.27 bits per heavy atom. The van der Waals surface area contributed by atoms with Crippen molar-refractivity contribution in [1.29, 1.82) is 0 Å². The van der Waals surface area contributed by atoms with Crippen LogP contribution in [0.3, 0.4) is 0 Å². The van der Waals surface area contributed by atoms with Gasteiger partial charge in [-0.2, -0.15) is 0 Å². The lowest BCUT2D eigenvalue weighted by atomic mass is 9.97. The number of carbonyl (C=O) groups is 2. The van der Waals surface area contributed by atoms with Crippen molar-refractivity contribution in [3.8, 4) is 0 Å². The number of rotatable bonds is 3. The number of hydrogen-bond acceptors (Lipinski definition) is 4. The highest BCUT2D eigenvalue weighted by atomic mass is 28.4. The van der Waals surface area contributed by atoms with Gasteiger partial charge >= 0.3 is 6.09 Å². The highest BCUT2D eigenvalue weighted by molar-refractivity contribution is 6.74. The van der Waals surface area contributed by atoms with Crippen LogP contribution in [0, 0.1) is 0 Å². The lowest BCUT2D eigenvalue weighted by Crippen LogP contribution is -2.57. The van der Waals surface area contributed by atoms with Crippen LogP contribution < -0.4 is 5.32 Å². The number of ether oxygens (including phenoxy) is 1. The van der Waals surface area contributed by atoms with E-state index >= 15 is 0 Å². The van der Waals surface area contributed by atoms with E-state index < -0.39 is 26.1 Å². The zero-order chi connectivity index (χ0) is 19.9. The van der Waals surface area contributed by atoms with E-state index in [1.54, 1.807) is 0 Å². The third kappa shape index (κ3) is 4.79. The normalized spacial score (nSPS) is 27.3. The van der Waals surface area contributed by atoms with Gasteiger partial charge in [-0.1, -0.05) is 20.8 Å². The monoisotopic (exact) mass is 384 g/mol. The maximum absolute atomic E-state index is 12.8. The number of nitrogens with zero attached hydrogens (tertiary/aromatic N) is 1. The molecule has 2 aliphatic rings. The zero-order valence-corrected chi connectivity index (χ0v) is 18.6. The average Bonchev–Trinajstić information content (AvgIpc) is 2.82. The molecule has 0 spiro atoms. The van der Waals surface area contributed by atoms with E-state index in [-0.39, 0.29) is 23.1 Å². The fourth-order valence-electron chi connectivity index (χ4n) is 3.38. The molecule has 0 aliphatic carbocycles. The molecule has 1 unspecified atom stereocenters. The van der Waals surface area contributed by atoms with Crippen molar-refractivity contribution >= 4 is 20.3 Å². The van der Waals surface area contributed by atoms with Gasteiger partial charge in [0.25, 0.3) is 0 Å². The fraction of sp³-hybridized carbons (Fsp3) is 0.895. The van der Waals surface area contributed by atoms with E-state index in [2.05, 4.69) is 39.2 Å². The predicted molar refractivity (Wildman–Crippen MR) is 105 cm³/mol. The van der Waals surface area contributed by atoms with Gasteiger partial charge in [0.15, 0.2) is 8.32 Å². The molecule has 0 bridgehead atoms. The Balaban J connectivity index is 1.98. The van der Waals surface area contributed by atoms with Gasteiger partial charge in [-0.3, -0.25) is 4.79 Å². The standard InChI is InChI=1S/C19H36N2O4Si/c1-18(2,3)24-17(23)20-13-9-10-14-15(11-12-21(14)16(13)22)25-26(7,8)19(4,5)6/h13-15H,9-12H2,1-8H3,(H,20,23)/t13-,14-,15?/m0/s1. The van der Waals surface area contributed by atoms with E-state index in [4.69, 9.17) is 9.16 Å². The number of fused-ring (bicyclic) bond motifs is 1. The van der Waals surface area contributed by atoms with Gasteiger partial charge in [-0.25, -0.2) is 4.79 Å². The smallest absolute Gasteiger partial charge is 0.408 e. The van der Waals surface area contributed by atoms with Crippen molar-refractivity contribution < 1.29 is 18.8 Å². The molecule has 7 heteroatoms. The van der Waals surface area contributed by atoms with Crippen molar-refractivity contribution in [3.05, 3.63) is 0 Å². The van der Waals surface area contributed by atoms with E-state index in [0.717, 1.165) is 12.8 Å². The first kappa shape index (κ1) is 21.2. The molecule has 2 aliphatic heterocycles. The molecular weight excluding hydrogens is 348 g/mol. The average molecular weight is 385 g/mol. The van der Waals surface area contributed by atoms with Crippen molar-refractivity contribution in [3.63, 3.8) is 0 Å². The molecule has 1 N–H and O–H groups in total. The van der Waals surface area contributed by atoms with Crippen LogP contribution in [0.5, 0.6) is 0 Å². The minimum absolute atomic E-state index is 0.00607. The summed E-state index contributed by atoms with van der Waals surface area (Å²) in [6.07, 6.45) is 1.95. The second kappa shape index (κ2) is 7.15. The maximum Gasteiger partial charge on any atom is 0.408 e. The lowest BCUT2D eigenvalue weighted by Gasteiger charge is -2.42. The molecule has 0 saturated carbocycles. The highest BCUT2D eigenvalue weighted by Gasteiger charge is 2.48.